The molecule has 0 amide bonds. The third kappa shape index (κ3) is 0.984. The van der Waals surface area contributed by atoms with Crippen molar-refractivity contribution in [3.05, 3.63) is 10.1 Å². The summed E-state index contributed by atoms with van der Waals surface area (Å²) >= 11 is 0. The molecular formula is C4H5NO4. The summed E-state index contributed by atoms with van der Waals surface area (Å²) in [5.41, 5.74) is 0. The maximum atomic E-state index is 9.97. The first-order chi connectivity index (χ1) is 4.13. The van der Waals surface area contributed by atoms with Gasteiger partial charge in [-0.05, 0) is 0 Å². The Morgan fingerprint density at radius 1 is 1.78 bits per heavy atom. The van der Waals surface area contributed by atoms with Crippen LogP contribution in [0.3, 0.4) is 0 Å². The predicted molar refractivity (Wildman–Crippen MR) is 26.5 cm³/mol. The van der Waals surface area contributed by atoms with Crippen LogP contribution in [0.15, 0.2) is 0 Å². The highest BCUT2D eigenvalue weighted by Gasteiger charge is 2.53. The SMILES string of the molecule is O=C(O)[C@@H]1C[C@H]1[N+](=O)[O-]. The van der Waals surface area contributed by atoms with Crippen LogP contribution in [0.1, 0.15) is 6.42 Å². The first-order valence-corrected chi connectivity index (χ1v) is 2.49. The largest absolute Gasteiger partial charge is 0.481 e. The van der Waals surface area contributed by atoms with Crippen LogP contribution < -0.4 is 0 Å². The van der Waals surface area contributed by atoms with E-state index in [1.54, 1.807) is 0 Å². The Balaban J connectivity index is 2.42. The second-order valence-electron chi connectivity index (χ2n) is 2.03. The van der Waals surface area contributed by atoms with E-state index in [0.717, 1.165) is 0 Å². The summed E-state index contributed by atoms with van der Waals surface area (Å²) < 4.78 is 0. The molecule has 5 heteroatoms. The Kier molecular flexibility index (Phi) is 1.12. The van der Waals surface area contributed by atoms with Gasteiger partial charge in [-0.25, -0.2) is 0 Å². The molecule has 0 aromatic heterocycles. The molecule has 0 bridgehead atoms. The van der Waals surface area contributed by atoms with Crippen molar-refractivity contribution in [1.29, 1.82) is 0 Å². The summed E-state index contributed by atoms with van der Waals surface area (Å²) in [6.07, 6.45) is 0.197. The first kappa shape index (κ1) is 6.00. The van der Waals surface area contributed by atoms with Crippen molar-refractivity contribution in [2.75, 3.05) is 0 Å². The molecule has 5 nitrogen and oxygen atoms in total. The molecule has 9 heavy (non-hydrogen) atoms. The molecule has 1 N–H and O–H groups in total. The second-order valence-corrected chi connectivity index (χ2v) is 2.03. The van der Waals surface area contributed by atoms with Crippen LogP contribution in [-0.4, -0.2) is 22.0 Å². The van der Waals surface area contributed by atoms with E-state index >= 15 is 0 Å². The molecule has 1 fully saturated rings. The first-order valence-electron chi connectivity index (χ1n) is 2.49. The highest BCUT2D eigenvalue weighted by Crippen LogP contribution is 2.32. The third-order valence-electron chi connectivity index (χ3n) is 1.34. The Morgan fingerprint density at radius 2 is 2.33 bits per heavy atom. The van der Waals surface area contributed by atoms with Gasteiger partial charge in [-0.3, -0.25) is 14.9 Å². The van der Waals surface area contributed by atoms with E-state index in [9.17, 15) is 14.9 Å². The van der Waals surface area contributed by atoms with Crippen LogP contribution in [0.25, 0.3) is 0 Å². The van der Waals surface area contributed by atoms with E-state index in [1.807, 2.05) is 0 Å². The molecule has 2 atom stereocenters. The number of rotatable bonds is 2. The number of carbonyl (C=O) groups is 1. The van der Waals surface area contributed by atoms with Gasteiger partial charge in [0.1, 0.15) is 5.92 Å². The molecule has 0 aromatic carbocycles. The van der Waals surface area contributed by atoms with Crippen molar-refractivity contribution in [2.24, 2.45) is 5.92 Å². The van der Waals surface area contributed by atoms with Crippen molar-refractivity contribution in [3.8, 4) is 0 Å². The predicted octanol–water partition coefficient (Wildman–Crippen LogP) is -0.264. The summed E-state index contributed by atoms with van der Waals surface area (Å²) in [7, 11) is 0. The average Bonchev–Trinajstić information content (AvgIpc) is 2.39. The van der Waals surface area contributed by atoms with E-state index in [1.165, 1.54) is 0 Å². The van der Waals surface area contributed by atoms with Crippen molar-refractivity contribution >= 4 is 5.97 Å². The molecule has 1 rings (SSSR count). The molecule has 0 spiro atoms. The number of carboxylic acids is 1. The number of aliphatic carboxylic acids is 1. The summed E-state index contributed by atoms with van der Waals surface area (Å²) in [4.78, 5) is 19.2. The molecule has 0 heterocycles. The molecule has 0 unspecified atom stereocenters. The lowest BCUT2D eigenvalue weighted by Gasteiger charge is -1.83. The van der Waals surface area contributed by atoms with Gasteiger partial charge in [0, 0.05) is 11.3 Å². The Labute approximate surface area is 50.4 Å². The standard InChI is InChI=1S/C4H5NO4/c6-4(7)2-1-3(2)5(8)9/h2-3H,1H2,(H,6,7)/t2-,3-/m1/s1. The minimum Gasteiger partial charge on any atom is -0.481 e. The Bertz CT molecular complexity index is 148. The lowest BCUT2D eigenvalue weighted by molar-refractivity contribution is -0.497. The smallest absolute Gasteiger partial charge is 0.313 e. The van der Waals surface area contributed by atoms with Crippen molar-refractivity contribution < 1.29 is 14.8 Å². The maximum Gasteiger partial charge on any atom is 0.313 e. The van der Waals surface area contributed by atoms with Crippen LogP contribution in [0.2, 0.25) is 0 Å². The van der Waals surface area contributed by atoms with E-state index < -0.39 is 22.9 Å². The van der Waals surface area contributed by atoms with Gasteiger partial charge in [0.2, 0.25) is 6.04 Å². The number of hydrogen-bond acceptors (Lipinski definition) is 3. The summed E-state index contributed by atoms with van der Waals surface area (Å²) in [6.45, 7) is 0. The average molecular weight is 131 g/mol. The van der Waals surface area contributed by atoms with Gasteiger partial charge in [-0.1, -0.05) is 0 Å². The van der Waals surface area contributed by atoms with Crippen LogP contribution >= 0.6 is 0 Å². The van der Waals surface area contributed by atoms with Gasteiger partial charge in [0.25, 0.3) is 0 Å². The summed E-state index contributed by atoms with van der Waals surface area (Å²) in [5.74, 6) is -1.78. The zero-order chi connectivity index (χ0) is 7.02. The lowest BCUT2D eigenvalue weighted by atomic mass is 10.4. The van der Waals surface area contributed by atoms with Crippen LogP contribution in [0, 0.1) is 16.0 Å². The second kappa shape index (κ2) is 1.68. The third-order valence-corrected chi connectivity index (χ3v) is 1.34. The minimum absolute atomic E-state index is 0.197. The number of nitro groups is 1. The lowest BCUT2D eigenvalue weighted by Crippen LogP contribution is -2.09. The van der Waals surface area contributed by atoms with E-state index in [0.29, 0.717) is 0 Å². The summed E-state index contributed by atoms with van der Waals surface area (Å²) in [6, 6.07) is -0.817. The fraction of sp³-hybridized carbons (Fsp3) is 0.750. The molecule has 1 aliphatic rings. The normalized spacial score (nSPS) is 31.6. The van der Waals surface area contributed by atoms with Crippen LogP contribution in [-0.2, 0) is 4.79 Å². The molecular weight excluding hydrogens is 126 g/mol. The summed E-state index contributed by atoms with van der Waals surface area (Å²) in [5, 5.41) is 18.0. The quantitative estimate of drug-likeness (QED) is 0.413. The van der Waals surface area contributed by atoms with Crippen molar-refractivity contribution in [2.45, 2.75) is 12.5 Å². The van der Waals surface area contributed by atoms with Crippen molar-refractivity contribution in [1.82, 2.24) is 0 Å². The van der Waals surface area contributed by atoms with Crippen LogP contribution in [0.5, 0.6) is 0 Å². The fourth-order valence-electron chi connectivity index (χ4n) is 0.680. The van der Waals surface area contributed by atoms with Gasteiger partial charge in [-0.15, -0.1) is 0 Å². The maximum absolute atomic E-state index is 9.97. The van der Waals surface area contributed by atoms with Gasteiger partial charge < -0.3 is 5.11 Å². The highest BCUT2D eigenvalue weighted by atomic mass is 16.6. The number of carboxylic acid groups (broad SMARTS) is 1. The molecule has 1 aliphatic carbocycles. The zero-order valence-electron chi connectivity index (χ0n) is 4.48. The number of nitrogens with zero attached hydrogens (tertiary/aromatic N) is 1. The van der Waals surface area contributed by atoms with Gasteiger partial charge in [-0.2, -0.15) is 0 Å². The van der Waals surface area contributed by atoms with E-state index in [2.05, 4.69) is 0 Å². The topological polar surface area (TPSA) is 80.4 Å². The van der Waals surface area contributed by atoms with Gasteiger partial charge in [0.05, 0.1) is 0 Å². The Morgan fingerprint density at radius 3 is 2.44 bits per heavy atom. The Hall–Kier alpha value is -1.13. The van der Waals surface area contributed by atoms with Crippen molar-refractivity contribution in [3.63, 3.8) is 0 Å². The highest BCUT2D eigenvalue weighted by molar-refractivity contribution is 5.73. The fourth-order valence-corrected chi connectivity index (χ4v) is 0.680. The molecule has 0 aromatic rings. The van der Waals surface area contributed by atoms with E-state index in [-0.39, 0.29) is 6.42 Å². The number of hydrogen-bond donors (Lipinski definition) is 1. The molecule has 50 valence electrons. The minimum atomic E-state index is -1.06. The molecule has 0 aliphatic heterocycles. The van der Waals surface area contributed by atoms with Gasteiger partial charge in [0.15, 0.2) is 0 Å². The molecule has 1 saturated carbocycles. The monoisotopic (exact) mass is 131 g/mol. The van der Waals surface area contributed by atoms with Crippen LogP contribution in [0.4, 0.5) is 0 Å². The molecule has 0 saturated heterocycles. The van der Waals surface area contributed by atoms with Gasteiger partial charge >= 0.3 is 5.97 Å². The van der Waals surface area contributed by atoms with E-state index in [4.69, 9.17) is 5.11 Å². The zero-order valence-corrected chi connectivity index (χ0v) is 4.48. The molecule has 0 radical (unpaired) electrons.